The van der Waals surface area contributed by atoms with Crippen molar-refractivity contribution in [3.63, 3.8) is 0 Å². The highest BCUT2D eigenvalue weighted by Gasteiger charge is 2.21. The number of nitrogens with one attached hydrogen (secondary N) is 1. The first-order chi connectivity index (χ1) is 9.55. The van der Waals surface area contributed by atoms with Crippen LogP contribution in [0.3, 0.4) is 0 Å². The molecule has 5 heteroatoms. The highest BCUT2D eigenvalue weighted by atomic mass is 16.5. The number of ether oxygens (including phenoxy) is 2. The van der Waals surface area contributed by atoms with E-state index in [2.05, 4.69) is 10.3 Å². The van der Waals surface area contributed by atoms with Gasteiger partial charge in [-0.05, 0) is 23.8 Å². The monoisotopic (exact) mass is 274 g/mol. The van der Waals surface area contributed by atoms with Crippen LogP contribution in [0.4, 0.5) is 0 Å². The van der Waals surface area contributed by atoms with Crippen LogP contribution in [0.15, 0.2) is 28.9 Å². The Hall–Kier alpha value is -2.30. The van der Waals surface area contributed by atoms with E-state index >= 15 is 0 Å². The van der Waals surface area contributed by atoms with Crippen LogP contribution < -0.4 is 14.8 Å². The van der Waals surface area contributed by atoms with Crippen molar-refractivity contribution in [3.8, 4) is 11.5 Å². The van der Waals surface area contributed by atoms with Crippen LogP contribution in [-0.2, 0) is 4.79 Å². The van der Waals surface area contributed by atoms with Crippen LogP contribution in [0.25, 0.3) is 6.08 Å². The third-order valence-electron chi connectivity index (χ3n) is 2.97. The summed E-state index contributed by atoms with van der Waals surface area (Å²) in [4.78, 5) is 16.1. The molecule has 1 aliphatic heterocycles. The maximum atomic E-state index is 11.8. The largest absolute Gasteiger partial charge is 0.493 e. The number of carbonyl (C=O) groups is 1. The van der Waals surface area contributed by atoms with Crippen molar-refractivity contribution in [3.05, 3.63) is 29.5 Å². The van der Waals surface area contributed by atoms with Crippen molar-refractivity contribution in [1.82, 2.24) is 5.32 Å². The number of aliphatic imine (C=N–C) groups is 1. The number of methoxy groups -OCH3 is 2. The Balaban J connectivity index is 2.33. The van der Waals surface area contributed by atoms with Gasteiger partial charge >= 0.3 is 0 Å². The molecule has 0 saturated heterocycles. The van der Waals surface area contributed by atoms with Gasteiger partial charge in [-0.1, -0.05) is 19.9 Å². The van der Waals surface area contributed by atoms with Crippen molar-refractivity contribution in [1.29, 1.82) is 0 Å². The quantitative estimate of drug-likeness (QED) is 0.856. The molecule has 0 radical (unpaired) electrons. The van der Waals surface area contributed by atoms with Gasteiger partial charge in [-0.25, -0.2) is 4.99 Å². The van der Waals surface area contributed by atoms with Crippen LogP contribution in [0.2, 0.25) is 0 Å². The van der Waals surface area contributed by atoms with Gasteiger partial charge < -0.3 is 14.8 Å². The molecule has 1 aromatic rings. The van der Waals surface area contributed by atoms with Gasteiger partial charge in [0.05, 0.1) is 14.2 Å². The van der Waals surface area contributed by atoms with Gasteiger partial charge in [-0.15, -0.1) is 0 Å². The van der Waals surface area contributed by atoms with Gasteiger partial charge in [0, 0.05) is 5.92 Å². The van der Waals surface area contributed by atoms with Crippen molar-refractivity contribution in [2.24, 2.45) is 10.9 Å². The summed E-state index contributed by atoms with van der Waals surface area (Å²) >= 11 is 0. The second-order valence-electron chi connectivity index (χ2n) is 4.75. The van der Waals surface area contributed by atoms with Crippen molar-refractivity contribution in [2.75, 3.05) is 14.2 Å². The highest BCUT2D eigenvalue weighted by Crippen LogP contribution is 2.28. The molecule has 0 aliphatic carbocycles. The van der Waals surface area contributed by atoms with Gasteiger partial charge in [0.15, 0.2) is 11.5 Å². The molecule has 1 aliphatic rings. The minimum atomic E-state index is -0.177. The predicted octanol–water partition coefficient (Wildman–Crippen LogP) is 2.23. The standard InChI is InChI=1S/C15H18N2O3/c1-9(2)14-16-11(15(18)17-14)7-10-5-6-12(19-3)13(8-10)20-4/h5-9H,1-4H3,(H,16,17,18)/b11-7+. The van der Waals surface area contributed by atoms with E-state index in [1.165, 1.54) is 0 Å². The summed E-state index contributed by atoms with van der Waals surface area (Å²) in [5, 5.41) is 2.76. The Bertz CT molecular complexity index is 589. The SMILES string of the molecule is COc1ccc(/C=C2/N=C(C(C)C)NC2=O)cc1OC. The molecule has 1 amide bonds. The van der Waals surface area contributed by atoms with Crippen molar-refractivity contribution < 1.29 is 14.3 Å². The number of amides is 1. The summed E-state index contributed by atoms with van der Waals surface area (Å²) in [6, 6.07) is 5.46. The zero-order chi connectivity index (χ0) is 14.7. The van der Waals surface area contributed by atoms with E-state index in [-0.39, 0.29) is 11.8 Å². The van der Waals surface area contributed by atoms with Crippen LogP contribution in [0, 0.1) is 5.92 Å². The average Bonchev–Trinajstić information content (AvgIpc) is 2.80. The van der Waals surface area contributed by atoms with E-state index in [9.17, 15) is 4.79 Å². The summed E-state index contributed by atoms with van der Waals surface area (Å²) in [5.74, 6) is 1.98. The molecule has 1 heterocycles. The Labute approximate surface area is 118 Å². The molecule has 0 aromatic heterocycles. The molecular weight excluding hydrogens is 256 g/mol. The second-order valence-corrected chi connectivity index (χ2v) is 4.75. The fourth-order valence-electron chi connectivity index (χ4n) is 1.86. The van der Waals surface area contributed by atoms with E-state index in [0.29, 0.717) is 23.0 Å². The molecule has 0 atom stereocenters. The number of nitrogens with zero attached hydrogens (tertiary/aromatic N) is 1. The van der Waals surface area contributed by atoms with Gasteiger partial charge in [-0.2, -0.15) is 0 Å². The average molecular weight is 274 g/mol. The van der Waals surface area contributed by atoms with E-state index in [0.717, 1.165) is 5.56 Å². The third kappa shape index (κ3) is 2.82. The maximum Gasteiger partial charge on any atom is 0.275 e. The topological polar surface area (TPSA) is 59.9 Å². The zero-order valence-corrected chi connectivity index (χ0v) is 12.1. The predicted molar refractivity (Wildman–Crippen MR) is 77.9 cm³/mol. The molecule has 20 heavy (non-hydrogen) atoms. The molecule has 2 rings (SSSR count). The molecule has 0 bridgehead atoms. The van der Waals surface area contributed by atoms with Crippen molar-refractivity contribution in [2.45, 2.75) is 13.8 Å². The van der Waals surface area contributed by atoms with E-state index in [1.54, 1.807) is 26.4 Å². The fourth-order valence-corrected chi connectivity index (χ4v) is 1.86. The maximum absolute atomic E-state index is 11.8. The molecule has 1 N–H and O–H groups in total. The zero-order valence-electron chi connectivity index (χ0n) is 12.1. The van der Waals surface area contributed by atoms with Crippen molar-refractivity contribution >= 4 is 17.8 Å². The molecule has 1 aromatic carbocycles. The Morgan fingerprint density at radius 1 is 1.20 bits per heavy atom. The summed E-state index contributed by atoms with van der Waals surface area (Å²) in [6.07, 6.45) is 1.73. The molecule has 0 spiro atoms. The first-order valence-electron chi connectivity index (χ1n) is 6.38. The number of rotatable bonds is 4. The Morgan fingerprint density at radius 3 is 2.45 bits per heavy atom. The van der Waals surface area contributed by atoms with Crippen LogP contribution >= 0.6 is 0 Å². The summed E-state index contributed by atoms with van der Waals surface area (Å²) < 4.78 is 10.4. The molecule has 0 saturated carbocycles. The summed E-state index contributed by atoms with van der Waals surface area (Å²) in [5.41, 5.74) is 1.24. The van der Waals surface area contributed by atoms with E-state index < -0.39 is 0 Å². The van der Waals surface area contributed by atoms with E-state index in [1.807, 2.05) is 26.0 Å². The smallest absolute Gasteiger partial charge is 0.275 e. The van der Waals surface area contributed by atoms with Crippen LogP contribution in [-0.4, -0.2) is 26.0 Å². The first kappa shape index (κ1) is 14.1. The van der Waals surface area contributed by atoms with Crippen LogP contribution in [0.5, 0.6) is 11.5 Å². The lowest BCUT2D eigenvalue weighted by Gasteiger charge is -2.07. The van der Waals surface area contributed by atoms with Crippen LogP contribution in [0.1, 0.15) is 19.4 Å². The molecule has 106 valence electrons. The van der Waals surface area contributed by atoms with Gasteiger partial charge in [0.1, 0.15) is 11.5 Å². The molecular formula is C15H18N2O3. The number of benzene rings is 1. The Morgan fingerprint density at radius 2 is 1.90 bits per heavy atom. The highest BCUT2D eigenvalue weighted by molar-refractivity contribution is 6.14. The summed E-state index contributed by atoms with van der Waals surface area (Å²) in [6.45, 7) is 3.97. The van der Waals surface area contributed by atoms with Gasteiger partial charge in [0.25, 0.3) is 5.91 Å². The normalized spacial score (nSPS) is 16.4. The summed E-state index contributed by atoms with van der Waals surface area (Å²) in [7, 11) is 3.16. The Kier molecular flexibility index (Phi) is 4.08. The van der Waals surface area contributed by atoms with Gasteiger partial charge in [0.2, 0.25) is 0 Å². The fraction of sp³-hybridized carbons (Fsp3) is 0.333. The lowest BCUT2D eigenvalue weighted by Crippen LogP contribution is -2.27. The van der Waals surface area contributed by atoms with E-state index in [4.69, 9.17) is 9.47 Å². The first-order valence-corrected chi connectivity index (χ1v) is 6.38. The number of hydrogen-bond donors (Lipinski definition) is 1. The molecule has 0 fully saturated rings. The lowest BCUT2D eigenvalue weighted by molar-refractivity contribution is -0.115. The second kappa shape index (κ2) is 5.77. The minimum Gasteiger partial charge on any atom is -0.493 e. The number of amidine groups is 1. The molecule has 5 nitrogen and oxygen atoms in total. The number of hydrogen-bond acceptors (Lipinski definition) is 4. The lowest BCUT2D eigenvalue weighted by atomic mass is 10.1. The number of carbonyl (C=O) groups excluding carboxylic acids is 1. The minimum absolute atomic E-state index is 0.177. The third-order valence-corrected chi connectivity index (χ3v) is 2.97. The van der Waals surface area contributed by atoms with Gasteiger partial charge in [-0.3, -0.25) is 4.79 Å². The molecule has 0 unspecified atom stereocenters.